The summed E-state index contributed by atoms with van der Waals surface area (Å²) in [6.07, 6.45) is -0.0796. The fraction of sp³-hybridized carbons (Fsp3) is 0.143. The third-order valence-electron chi connectivity index (χ3n) is 5.06. The molecule has 2 heteroatoms. The molecule has 0 saturated heterocycles. The second-order valence-corrected chi connectivity index (χ2v) is 13.1. The Morgan fingerprint density at radius 2 is 0.900 bits per heavy atom. The van der Waals surface area contributed by atoms with Crippen molar-refractivity contribution in [2.24, 2.45) is 0 Å². The van der Waals surface area contributed by atoms with E-state index in [-0.39, 0.29) is 6.10 Å². The summed E-state index contributed by atoms with van der Waals surface area (Å²) in [7, 11) is -1.78. The summed E-state index contributed by atoms with van der Waals surface area (Å²) in [4.78, 5) is 0. The molecule has 0 saturated carbocycles. The molecule has 0 aliphatic heterocycles. The van der Waals surface area contributed by atoms with Gasteiger partial charge in [-0.2, -0.15) is 0 Å². The lowest BCUT2D eigenvalue weighted by molar-refractivity contribution is 0.240. The molecule has 4 aromatic carbocycles. The second-order valence-electron chi connectivity index (χ2n) is 8.59. The Kier molecular flexibility index (Phi) is 5.98. The first-order valence-electron chi connectivity index (χ1n) is 10.5. The van der Waals surface area contributed by atoms with E-state index < -0.39 is 8.32 Å². The van der Waals surface area contributed by atoms with Crippen LogP contribution in [0.3, 0.4) is 0 Å². The Morgan fingerprint density at radius 1 is 0.500 bits per heavy atom. The van der Waals surface area contributed by atoms with Gasteiger partial charge in [0.05, 0.1) is 6.10 Å². The van der Waals surface area contributed by atoms with Crippen LogP contribution in [0.2, 0.25) is 19.6 Å². The van der Waals surface area contributed by atoms with Crippen molar-refractivity contribution in [2.75, 3.05) is 0 Å². The topological polar surface area (TPSA) is 9.23 Å². The quantitative estimate of drug-likeness (QED) is 0.294. The fourth-order valence-electron chi connectivity index (χ4n) is 3.71. The maximum absolute atomic E-state index is 6.73. The maximum Gasteiger partial charge on any atom is 0.185 e. The molecule has 0 spiro atoms. The van der Waals surface area contributed by atoms with Gasteiger partial charge in [0.15, 0.2) is 8.32 Å². The Labute approximate surface area is 181 Å². The lowest BCUT2D eigenvalue weighted by Crippen LogP contribution is -2.28. The summed E-state index contributed by atoms with van der Waals surface area (Å²) in [5, 5.41) is 0. The summed E-state index contributed by atoms with van der Waals surface area (Å²) < 4.78 is 6.73. The molecule has 0 aromatic heterocycles. The van der Waals surface area contributed by atoms with Gasteiger partial charge in [-0.1, -0.05) is 97.1 Å². The number of rotatable bonds is 6. The van der Waals surface area contributed by atoms with Crippen LogP contribution in [0.4, 0.5) is 0 Å². The highest BCUT2D eigenvalue weighted by molar-refractivity contribution is 6.69. The highest BCUT2D eigenvalue weighted by Crippen LogP contribution is 2.34. The summed E-state index contributed by atoms with van der Waals surface area (Å²) in [5.74, 6) is 0. The minimum Gasteiger partial charge on any atom is -0.407 e. The first kappa shape index (κ1) is 20.3. The summed E-state index contributed by atoms with van der Waals surface area (Å²) in [6, 6.07) is 38.6. The Balaban J connectivity index is 1.77. The Morgan fingerprint density at radius 3 is 1.30 bits per heavy atom. The third kappa shape index (κ3) is 4.96. The van der Waals surface area contributed by atoms with E-state index in [1.807, 2.05) is 0 Å². The van der Waals surface area contributed by atoms with Crippen LogP contribution in [0, 0.1) is 0 Å². The van der Waals surface area contributed by atoms with E-state index in [2.05, 4.69) is 129 Å². The zero-order chi connectivity index (χ0) is 21.0. The summed E-state index contributed by atoms with van der Waals surface area (Å²) in [5.41, 5.74) is 7.29. The first-order chi connectivity index (χ1) is 14.5. The molecular formula is C28H28OSi. The van der Waals surface area contributed by atoms with E-state index >= 15 is 0 Å². The molecule has 0 bridgehead atoms. The zero-order valence-corrected chi connectivity index (χ0v) is 18.9. The van der Waals surface area contributed by atoms with Crippen molar-refractivity contribution in [2.45, 2.75) is 25.7 Å². The van der Waals surface area contributed by atoms with Crippen LogP contribution in [0.15, 0.2) is 109 Å². The number of benzene rings is 4. The predicted octanol–water partition coefficient (Wildman–Crippen LogP) is 7.96. The highest BCUT2D eigenvalue weighted by Gasteiger charge is 2.24. The number of hydrogen-bond acceptors (Lipinski definition) is 1. The van der Waals surface area contributed by atoms with Gasteiger partial charge in [0.1, 0.15) is 0 Å². The van der Waals surface area contributed by atoms with Gasteiger partial charge in [0.25, 0.3) is 0 Å². The van der Waals surface area contributed by atoms with Crippen LogP contribution in [-0.4, -0.2) is 8.32 Å². The molecular weight excluding hydrogens is 380 g/mol. The molecule has 0 unspecified atom stereocenters. The lowest BCUT2D eigenvalue weighted by Gasteiger charge is -2.28. The highest BCUT2D eigenvalue weighted by atomic mass is 28.4. The molecule has 0 atom stereocenters. The summed E-state index contributed by atoms with van der Waals surface area (Å²) >= 11 is 0. The Hall–Kier alpha value is -2.94. The monoisotopic (exact) mass is 408 g/mol. The van der Waals surface area contributed by atoms with Gasteiger partial charge in [-0.15, -0.1) is 0 Å². The minimum atomic E-state index is -1.78. The fourth-order valence-corrected chi connectivity index (χ4v) is 4.69. The second kappa shape index (κ2) is 8.82. The van der Waals surface area contributed by atoms with Gasteiger partial charge in [-0.3, -0.25) is 0 Å². The molecule has 0 amide bonds. The van der Waals surface area contributed by atoms with E-state index in [4.69, 9.17) is 4.43 Å². The maximum atomic E-state index is 6.73. The summed E-state index contributed by atoms with van der Waals surface area (Å²) in [6.45, 7) is 6.76. The lowest BCUT2D eigenvalue weighted by atomic mass is 9.95. The molecule has 0 aliphatic rings. The molecule has 0 aliphatic carbocycles. The molecule has 0 N–H and O–H groups in total. The molecule has 4 aromatic rings. The molecule has 0 radical (unpaired) electrons. The van der Waals surface area contributed by atoms with Crippen LogP contribution in [-0.2, 0) is 4.43 Å². The van der Waals surface area contributed by atoms with Gasteiger partial charge < -0.3 is 4.43 Å². The molecule has 30 heavy (non-hydrogen) atoms. The molecule has 4 rings (SSSR count). The van der Waals surface area contributed by atoms with Crippen LogP contribution in [0.5, 0.6) is 0 Å². The van der Waals surface area contributed by atoms with Crippen molar-refractivity contribution in [3.8, 4) is 22.3 Å². The number of hydrogen-bond donors (Lipinski definition) is 0. The molecule has 1 nitrogen and oxygen atoms in total. The van der Waals surface area contributed by atoms with Crippen LogP contribution in [0.1, 0.15) is 17.2 Å². The molecule has 0 fully saturated rings. The third-order valence-corrected chi connectivity index (χ3v) is 6.01. The standard InChI is InChI=1S/C28H28OSi/c1-30(2,3)29-28(26-18-10-16-24(20-26)22-12-6-4-7-13-22)27-19-11-17-25(21-27)23-14-8-5-9-15-23/h4-21,28H,1-3H3. The normalized spacial score (nSPS) is 11.6. The van der Waals surface area contributed by atoms with Crippen molar-refractivity contribution in [3.63, 3.8) is 0 Å². The first-order valence-corrected chi connectivity index (χ1v) is 13.9. The van der Waals surface area contributed by atoms with Gasteiger partial charge in [-0.25, -0.2) is 0 Å². The van der Waals surface area contributed by atoms with Crippen LogP contribution in [0.25, 0.3) is 22.3 Å². The van der Waals surface area contributed by atoms with Crippen molar-refractivity contribution >= 4 is 8.32 Å². The van der Waals surface area contributed by atoms with E-state index in [9.17, 15) is 0 Å². The van der Waals surface area contributed by atoms with Gasteiger partial charge in [0, 0.05) is 0 Å². The van der Waals surface area contributed by atoms with E-state index in [1.54, 1.807) is 0 Å². The zero-order valence-electron chi connectivity index (χ0n) is 17.9. The minimum absolute atomic E-state index is 0.0796. The van der Waals surface area contributed by atoms with Crippen LogP contribution < -0.4 is 0 Å². The average molecular weight is 409 g/mol. The van der Waals surface area contributed by atoms with Gasteiger partial charge in [0.2, 0.25) is 0 Å². The molecule has 150 valence electrons. The molecule has 0 heterocycles. The Bertz CT molecular complexity index is 1020. The largest absolute Gasteiger partial charge is 0.407 e. The van der Waals surface area contributed by atoms with Gasteiger partial charge >= 0.3 is 0 Å². The van der Waals surface area contributed by atoms with Gasteiger partial charge in [-0.05, 0) is 65.2 Å². The van der Waals surface area contributed by atoms with E-state index in [1.165, 1.54) is 33.4 Å². The average Bonchev–Trinajstić information content (AvgIpc) is 2.78. The van der Waals surface area contributed by atoms with E-state index in [0.717, 1.165) is 0 Å². The van der Waals surface area contributed by atoms with Crippen molar-refractivity contribution in [1.29, 1.82) is 0 Å². The van der Waals surface area contributed by atoms with Crippen molar-refractivity contribution < 1.29 is 4.43 Å². The van der Waals surface area contributed by atoms with Crippen LogP contribution >= 0.6 is 0 Å². The smallest absolute Gasteiger partial charge is 0.185 e. The van der Waals surface area contributed by atoms with Crippen molar-refractivity contribution in [1.82, 2.24) is 0 Å². The van der Waals surface area contributed by atoms with E-state index in [0.29, 0.717) is 0 Å². The van der Waals surface area contributed by atoms with Crippen molar-refractivity contribution in [3.05, 3.63) is 120 Å². The predicted molar refractivity (Wildman–Crippen MR) is 130 cm³/mol. The SMILES string of the molecule is C[Si](C)(C)OC(c1cccc(-c2ccccc2)c1)c1cccc(-c2ccccc2)c1.